The number of halogens is 1. The third-order valence-electron chi connectivity index (χ3n) is 2.27. The van der Waals surface area contributed by atoms with Crippen LogP contribution >= 0.6 is 22.6 Å². The molecule has 2 rings (SSSR count). The lowest BCUT2D eigenvalue weighted by Crippen LogP contribution is -2.03. The molecule has 92 valence electrons. The van der Waals surface area contributed by atoms with E-state index in [1.165, 1.54) is 12.3 Å². The number of aromatic carboxylic acids is 1. The van der Waals surface area contributed by atoms with Crippen molar-refractivity contribution in [3.63, 3.8) is 0 Å². The Hall–Kier alpha value is -1.63. The Balaban J connectivity index is 2.09. The Bertz CT molecular complexity index is 572. The predicted molar refractivity (Wildman–Crippen MR) is 74.7 cm³/mol. The van der Waals surface area contributed by atoms with Crippen LogP contribution in [0.2, 0.25) is 0 Å². The van der Waals surface area contributed by atoms with Gasteiger partial charge in [-0.3, -0.25) is 0 Å². The van der Waals surface area contributed by atoms with Gasteiger partial charge in [0, 0.05) is 6.20 Å². The van der Waals surface area contributed by atoms with Crippen LogP contribution in [0.25, 0.3) is 0 Å². The zero-order valence-electron chi connectivity index (χ0n) is 9.34. The van der Waals surface area contributed by atoms with Crippen molar-refractivity contribution < 1.29 is 14.6 Å². The maximum absolute atomic E-state index is 10.8. The molecule has 0 radical (unpaired) electrons. The van der Waals surface area contributed by atoms with E-state index in [0.29, 0.717) is 6.61 Å². The van der Waals surface area contributed by atoms with Gasteiger partial charge in [-0.1, -0.05) is 12.1 Å². The van der Waals surface area contributed by atoms with Gasteiger partial charge in [-0.05, 0) is 52.4 Å². The molecule has 1 aromatic heterocycles. The first kappa shape index (κ1) is 12.8. The van der Waals surface area contributed by atoms with Gasteiger partial charge in [0.1, 0.15) is 18.1 Å². The van der Waals surface area contributed by atoms with E-state index in [1.54, 1.807) is 6.07 Å². The van der Waals surface area contributed by atoms with Gasteiger partial charge in [0.15, 0.2) is 0 Å². The number of ether oxygens (including phenoxy) is 1. The topological polar surface area (TPSA) is 59.4 Å². The van der Waals surface area contributed by atoms with Crippen LogP contribution in [0.4, 0.5) is 0 Å². The van der Waals surface area contributed by atoms with Crippen LogP contribution < -0.4 is 4.74 Å². The molecule has 0 saturated carbocycles. The molecule has 0 aliphatic carbocycles. The van der Waals surface area contributed by atoms with E-state index in [2.05, 4.69) is 27.6 Å². The minimum atomic E-state index is -1.04. The molecule has 0 bridgehead atoms. The lowest BCUT2D eigenvalue weighted by atomic mass is 10.2. The zero-order valence-corrected chi connectivity index (χ0v) is 11.5. The summed E-state index contributed by atoms with van der Waals surface area (Å²) in [7, 11) is 0. The lowest BCUT2D eigenvalue weighted by Gasteiger charge is -2.08. The third kappa shape index (κ3) is 3.19. The first-order valence-electron chi connectivity index (χ1n) is 5.22. The Morgan fingerprint density at radius 1 is 1.33 bits per heavy atom. The molecule has 0 amide bonds. The van der Waals surface area contributed by atoms with Crippen molar-refractivity contribution in [3.8, 4) is 5.75 Å². The molecule has 0 aliphatic heterocycles. The number of rotatable bonds is 4. The van der Waals surface area contributed by atoms with E-state index >= 15 is 0 Å². The number of hydrogen-bond acceptors (Lipinski definition) is 3. The highest BCUT2D eigenvalue weighted by Gasteiger charge is 2.06. The van der Waals surface area contributed by atoms with Crippen LogP contribution in [0.5, 0.6) is 5.75 Å². The molecule has 0 saturated heterocycles. The monoisotopic (exact) mass is 355 g/mol. The van der Waals surface area contributed by atoms with Crippen molar-refractivity contribution in [3.05, 3.63) is 57.4 Å². The van der Waals surface area contributed by atoms with Gasteiger partial charge in [-0.2, -0.15) is 0 Å². The number of carboxylic acid groups (broad SMARTS) is 1. The van der Waals surface area contributed by atoms with E-state index in [4.69, 9.17) is 9.84 Å². The second-order valence-electron chi connectivity index (χ2n) is 3.57. The fraction of sp³-hybridized carbons (Fsp3) is 0.0769. The summed E-state index contributed by atoms with van der Waals surface area (Å²) in [5.41, 5.74) is 0.806. The fourth-order valence-electron chi connectivity index (χ4n) is 1.40. The molecule has 1 aromatic carbocycles. The molecule has 0 fully saturated rings. The van der Waals surface area contributed by atoms with E-state index in [-0.39, 0.29) is 5.69 Å². The van der Waals surface area contributed by atoms with Gasteiger partial charge in [0.05, 0.1) is 3.57 Å². The van der Waals surface area contributed by atoms with Crippen molar-refractivity contribution in [1.29, 1.82) is 0 Å². The summed E-state index contributed by atoms with van der Waals surface area (Å²) in [5, 5.41) is 8.83. The van der Waals surface area contributed by atoms with Gasteiger partial charge in [-0.25, -0.2) is 9.78 Å². The highest BCUT2D eigenvalue weighted by molar-refractivity contribution is 14.1. The normalized spacial score (nSPS) is 10.1. The highest BCUT2D eigenvalue weighted by atomic mass is 127. The van der Waals surface area contributed by atoms with Crippen LogP contribution in [0.15, 0.2) is 42.6 Å². The minimum Gasteiger partial charge on any atom is -0.488 e. The number of nitrogens with zero attached hydrogens (tertiary/aromatic N) is 1. The van der Waals surface area contributed by atoms with Gasteiger partial charge in [0.2, 0.25) is 0 Å². The Morgan fingerprint density at radius 3 is 2.83 bits per heavy atom. The SMILES string of the molecule is O=C(O)c1cc(COc2ccccc2I)ccn1. The summed E-state index contributed by atoms with van der Waals surface area (Å²) in [6, 6.07) is 10.9. The van der Waals surface area contributed by atoms with Gasteiger partial charge >= 0.3 is 5.97 Å². The second kappa shape index (κ2) is 5.81. The molecule has 0 aliphatic rings. The molecular weight excluding hydrogens is 345 g/mol. The minimum absolute atomic E-state index is 0.0267. The second-order valence-corrected chi connectivity index (χ2v) is 4.74. The van der Waals surface area contributed by atoms with Crippen molar-refractivity contribution in [2.24, 2.45) is 0 Å². The van der Waals surface area contributed by atoms with E-state index in [0.717, 1.165) is 14.9 Å². The molecule has 1 heterocycles. The first-order valence-corrected chi connectivity index (χ1v) is 6.30. The van der Waals surface area contributed by atoms with Crippen LogP contribution in [0, 0.1) is 3.57 Å². The molecule has 0 spiro atoms. The number of pyridine rings is 1. The summed E-state index contributed by atoms with van der Waals surface area (Å²) < 4.78 is 6.65. The summed E-state index contributed by atoms with van der Waals surface area (Å²) >= 11 is 2.19. The van der Waals surface area contributed by atoms with Crippen molar-refractivity contribution in [2.75, 3.05) is 0 Å². The number of carbonyl (C=O) groups is 1. The average molecular weight is 355 g/mol. The van der Waals surface area contributed by atoms with Crippen molar-refractivity contribution >= 4 is 28.6 Å². The quantitative estimate of drug-likeness (QED) is 0.857. The van der Waals surface area contributed by atoms with Crippen LogP contribution in [0.3, 0.4) is 0 Å². The fourth-order valence-corrected chi connectivity index (χ4v) is 1.95. The zero-order chi connectivity index (χ0) is 13.0. The summed E-state index contributed by atoms with van der Waals surface area (Å²) in [4.78, 5) is 14.5. The van der Waals surface area contributed by atoms with Gasteiger partial charge in [0.25, 0.3) is 0 Å². The largest absolute Gasteiger partial charge is 0.488 e. The Labute approximate surface area is 118 Å². The van der Waals surface area contributed by atoms with Crippen LogP contribution in [-0.2, 0) is 6.61 Å². The number of carboxylic acids is 1. The smallest absolute Gasteiger partial charge is 0.354 e. The van der Waals surface area contributed by atoms with E-state index in [9.17, 15) is 4.79 Å². The Morgan fingerprint density at radius 2 is 2.11 bits per heavy atom. The van der Waals surface area contributed by atoms with Gasteiger partial charge < -0.3 is 9.84 Å². The molecule has 1 N–H and O–H groups in total. The predicted octanol–water partition coefficient (Wildman–Crippen LogP) is 2.96. The average Bonchev–Trinajstić information content (AvgIpc) is 2.38. The number of hydrogen-bond donors (Lipinski definition) is 1. The van der Waals surface area contributed by atoms with Gasteiger partial charge in [-0.15, -0.1) is 0 Å². The van der Waals surface area contributed by atoms with Crippen LogP contribution in [0.1, 0.15) is 16.1 Å². The maximum atomic E-state index is 10.8. The summed E-state index contributed by atoms with van der Waals surface area (Å²) in [5.74, 6) is -0.252. The van der Waals surface area contributed by atoms with E-state index in [1.807, 2.05) is 24.3 Å². The molecule has 2 aromatic rings. The standard InChI is InChI=1S/C13H10INO3/c14-10-3-1-2-4-12(10)18-8-9-5-6-15-11(7-9)13(16)17/h1-7H,8H2,(H,16,17). The molecule has 0 unspecified atom stereocenters. The number of aromatic nitrogens is 1. The molecule has 5 heteroatoms. The molecule has 18 heavy (non-hydrogen) atoms. The highest BCUT2D eigenvalue weighted by Crippen LogP contribution is 2.20. The number of para-hydroxylation sites is 1. The van der Waals surface area contributed by atoms with E-state index < -0.39 is 5.97 Å². The summed E-state index contributed by atoms with van der Waals surface area (Å²) in [6.45, 7) is 0.322. The summed E-state index contributed by atoms with van der Waals surface area (Å²) in [6.07, 6.45) is 1.47. The van der Waals surface area contributed by atoms with Crippen molar-refractivity contribution in [2.45, 2.75) is 6.61 Å². The third-order valence-corrected chi connectivity index (χ3v) is 3.17. The lowest BCUT2D eigenvalue weighted by molar-refractivity contribution is 0.0690. The number of benzene rings is 1. The Kier molecular flexibility index (Phi) is 4.14. The van der Waals surface area contributed by atoms with Crippen molar-refractivity contribution in [1.82, 2.24) is 4.98 Å². The molecule has 0 atom stereocenters. The van der Waals surface area contributed by atoms with Crippen LogP contribution in [-0.4, -0.2) is 16.1 Å². The first-order chi connectivity index (χ1) is 8.66. The maximum Gasteiger partial charge on any atom is 0.354 e. The molecule has 4 nitrogen and oxygen atoms in total. The molecular formula is C13H10INO3.